The molecule has 2 heteroatoms. The minimum Gasteiger partial charge on any atom is -0.393 e. The van der Waals surface area contributed by atoms with Gasteiger partial charge in [-0.15, -0.1) is 0 Å². The lowest BCUT2D eigenvalue weighted by Crippen LogP contribution is -2.41. The summed E-state index contributed by atoms with van der Waals surface area (Å²) in [5, 5.41) is 9.91. The summed E-state index contributed by atoms with van der Waals surface area (Å²) in [5.74, 6) is 0.557. The third kappa shape index (κ3) is 2.98. The molecule has 16 heavy (non-hydrogen) atoms. The van der Waals surface area contributed by atoms with E-state index in [9.17, 15) is 5.11 Å². The minimum atomic E-state index is -0.0161. The zero-order chi connectivity index (χ0) is 11.4. The van der Waals surface area contributed by atoms with E-state index in [1.165, 1.54) is 44.9 Å². The monoisotopic (exact) mass is 225 g/mol. The first-order valence-corrected chi connectivity index (χ1v) is 7.23. The van der Waals surface area contributed by atoms with Crippen LogP contribution in [0.5, 0.6) is 0 Å². The number of rotatable bonds is 4. The Balaban J connectivity index is 1.83. The van der Waals surface area contributed by atoms with Gasteiger partial charge in [0.25, 0.3) is 0 Å². The van der Waals surface area contributed by atoms with Gasteiger partial charge in [-0.05, 0) is 38.1 Å². The van der Waals surface area contributed by atoms with Gasteiger partial charge < -0.3 is 10.0 Å². The molecule has 2 unspecified atom stereocenters. The Bertz CT molecular complexity index is 201. The molecule has 0 aromatic heterocycles. The van der Waals surface area contributed by atoms with Crippen molar-refractivity contribution in [2.24, 2.45) is 5.92 Å². The number of hydrogen-bond donors (Lipinski definition) is 1. The van der Waals surface area contributed by atoms with Crippen LogP contribution in [0.1, 0.15) is 58.3 Å². The highest BCUT2D eigenvalue weighted by molar-refractivity contribution is 4.83. The molecular formula is C14H27NO. The Morgan fingerprint density at radius 1 is 1.00 bits per heavy atom. The topological polar surface area (TPSA) is 23.5 Å². The first-order valence-electron chi connectivity index (χ1n) is 7.23. The quantitative estimate of drug-likeness (QED) is 0.795. The Morgan fingerprint density at radius 3 is 2.31 bits per heavy atom. The molecule has 2 saturated carbocycles. The lowest BCUT2D eigenvalue weighted by Gasteiger charge is -2.35. The van der Waals surface area contributed by atoms with E-state index < -0.39 is 0 Å². The molecule has 0 saturated heterocycles. The van der Waals surface area contributed by atoms with Gasteiger partial charge in [-0.2, -0.15) is 0 Å². The summed E-state index contributed by atoms with van der Waals surface area (Å²) in [6.45, 7) is 4.58. The van der Waals surface area contributed by atoms with Crippen LogP contribution in [0, 0.1) is 5.92 Å². The molecule has 0 aliphatic heterocycles. The number of nitrogens with zero attached hydrogens (tertiary/aromatic N) is 1. The summed E-state index contributed by atoms with van der Waals surface area (Å²) in [5.41, 5.74) is 0. The summed E-state index contributed by atoms with van der Waals surface area (Å²) in [6, 6.07) is 0.812. The summed E-state index contributed by atoms with van der Waals surface area (Å²) >= 11 is 0. The molecule has 2 rings (SSSR count). The molecule has 0 aromatic carbocycles. The van der Waals surface area contributed by atoms with Gasteiger partial charge in [0.15, 0.2) is 0 Å². The van der Waals surface area contributed by atoms with Crippen molar-refractivity contribution in [1.82, 2.24) is 4.90 Å². The van der Waals surface area contributed by atoms with Gasteiger partial charge in [-0.25, -0.2) is 0 Å². The van der Waals surface area contributed by atoms with Crippen molar-refractivity contribution in [3.05, 3.63) is 0 Å². The van der Waals surface area contributed by atoms with Crippen LogP contribution in [0.2, 0.25) is 0 Å². The second kappa shape index (κ2) is 6.02. The van der Waals surface area contributed by atoms with Gasteiger partial charge in [0.05, 0.1) is 6.10 Å². The molecule has 0 spiro atoms. The van der Waals surface area contributed by atoms with Crippen LogP contribution in [-0.2, 0) is 0 Å². The fourth-order valence-corrected chi connectivity index (χ4v) is 3.51. The first-order chi connectivity index (χ1) is 7.81. The molecule has 0 bridgehead atoms. The second-order valence-electron chi connectivity index (χ2n) is 5.64. The van der Waals surface area contributed by atoms with Crippen LogP contribution in [0.15, 0.2) is 0 Å². The van der Waals surface area contributed by atoms with E-state index in [-0.39, 0.29) is 6.10 Å². The smallest absolute Gasteiger partial charge is 0.0580 e. The average Bonchev–Trinajstić information content (AvgIpc) is 2.73. The standard InChI is InChI=1S/C14H27NO/c1-2-15(13-8-4-3-5-9-13)11-12-7-6-10-14(12)16/h12-14,16H,2-11H2,1H3. The Morgan fingerprint density at radius 2 is 1.75 bits per heavy atom. The maximum absolute atomic E-state index is 9.91. The zero-order valence-corrected chi connectivity index (χ0v) is 10.7. The van der Waals surface area contributed by atoms with Crippen LogP contribution in [-0.4, -0.2) is 35.2 Å². The highest BCUT2D eigenvalue weighted by Gasteiger charge is 2.29. The van der Waals surface area contributed by atoms with E-state index in [2.05, 4.69) is 11.8 Å². The van der Waals surface area contributed by atoms with Crippen molar-refractivity contribution in [3.63, 3.8) is 0 Å². The van der Waals surface area contributed by atoms with Gasteiger partial charge in [0.2, 0.25) is 0 Å². The molecular weight excluding hydrogens is 198 g/mol. The van der Waals surface area contributed by atoms with E-state index in [1.54, 1.807) is 0 Å². The third-order valence-electron chi connectivity index (χ3n) is 4.59. The van der Waals surface area contributed by atoms with Crippen molar-refractivity contribution < 1.29 is 5.11 Å². The molecule has 94 valence electrons. The Kier molecular flexibility index (Phi) is 4.66. The van der Waals surface area contributed by atoms with E-state index in [1.807, 2.05) is 0 Å². The lowest BCUT2D eigenvalue weighted by atomic mass is 9.93. The third-order valence-corrected chi connectivity index (χ3v) is 4.59. The van der Waals surface area contributed by atoms with Crippen LogP contribution in [0.4, 0.5) is 0 Å². The van der Waals surface area contributed by atoms with Crippen molar-refractivity contribution in [1.29, 1.82) is 0 Å². The lowest BCUT2D eigenvalue weighted by molar-refractivity contribution is 0.0774. The summed E-state index contributed by atoms with van der Waals surface area (Å²) in [7, 11) is 0. The predicted molar refractivity (Wildman–Crippen MR) is 67.5 cm³/mol. The SMILES string of the molecule is CCN(CC1CCCC1O)C1CCCCC1. The van der Waals surface area contributed by atoms with Crippen molar-refractivity contribution >= 4 is 0 Å². The second-order valence-corrected chi connectivity index (χ2v) is 5.64. The largest absolute Gasteiger partial charge is 0.393 e. The molecule has 1 N–H and O–H groups in total. The fraction of sp³-hybridized carbons (Fsp3) is 1.00. The molecule has 0 radical (unpaired) electrons. The van der Waals surface area contributed by atoms with Gasteiger partial charge in [-0.1, -0.05) is 32.6 Å². The van der Waals surface area contributed by atoms with Gasteiger partial charge in [0.1, 0.15) is 0 Å². The van der Waals surface area contributed by atoms with Crippen molar-refractivity contribution in [2.75, 3.05) is 13.1 Å². The summed E-state index contributed by atoms with van der Waals surface area (Å²) in [6.07, 6.45) is 10.5. The van der Waals surface area contributed by atoms with Gasteiger partial charge >= 0.3 is 0 Å². The molecule has 0 aromatic rings. The van der Waals surface area contributed by atoms with Gasteiger partial charge in [0, 0.05) is 12.6 Å². The van der Waals surface area contributed by atoms with Crippen molar-refractivity contribution in [2.45, 2.75) is 70.4 Å². The molecule has 2 nitrogen and oxygen atoms in total. The maximum Gasteiger partial charge on any atom is 0.0580 e. The highest BCUT2D eigenvalue weighted by Crippen LogP contribution is 2.29. The first kappa shape index (κ1) is 12.4. The highest BCUT2D eigenvalue weighted by atomic mass is 16.3. The predicted octanol–water partition coefficient (Wildman–Crippen LogP) is 2.80. The van der Waals surface area contributed by atoms with Crippen LogP contribution < -0.4 is 0 Å². The molecule has 2 aliphatic rings. The summed E-state index contributed by atoms with van der Waals surface area (Å²) < 4.78 is 0. The van der Waals surface area contributed by atoms with Crippen LogP contribution >= 0.6 is 0 Å². The molecule has 0 heterocycles. The van der Waals surface area contributed by atoms with Crippen LogP contribution in [0.3, 0.4) is 0 Å². The average molecular weight is 225 g/mol. The van der Waals surface area contributed by atoms with Gasteiger partial charge in [-0.3, -0.25) is 0 Å². The number of aliphatic hydroxyl groups excluding tert-OH is 1. The summed E-state index contributed by atoms with van der Waals surface area (Å²) in [4.78, 5) is 2.64. The van der Waals surface area contributed by atoms with E-state index >= 15 is 0 Å². The molecule has 2 fully saturated rings. The van der Waals surface area contributed by atoms with E-state index in [4.69, 9.17) is 0 Å². The van der Waals surface area contributed by atoms with Crippen molar-refractivity contribution in [3.8, 4) is 0 Å². The number of hydrogen-bond acceptors (Lipinski definition) is 2. The van der Waals surface area contributed by atoms with E-state index in [0.717, 1.165) is 25.6 Å². The normalized spacial score (nSPS) is 32.4. The zero-order valence-electron chi connectivity index (χ0n) is 10.7. The number of aliphatic hydroxyl groups is 1. The molecule has 2 atom stereocenters. The van der Waals surface area contributed by atoms with E-state index in [0.29, 0.717) is 5.92 Å². The Labute approximate surface area is 100 Å². The molecule has 2 aliphatic carbocycles. The minimum absolute atomic E-state index is 0.0161. The maximum atomic E-state index is 9.91. The fourth-order valence-electron chi connectivity index (χ4n) is 3.51. The van der Waals surface area contributed by atoms with Crippen LogP contribution in [0.25, 0.3) is 0 Å². The Hall–Kier alpha value is -0.0800. The molecule has 0 amide bonds.